The number of nitrogens with zero attached hydrogens (tertiary/aromatic N) is 2. The van der Waals surface area contributed by atoms with Crippen molar-refractivity contribution in [2.24, 2.45) is 0 Å². The fraction of sp³-hybridized carbons (Fsp3) is 0.231. The molecule has 1 rings (SSSR count). The number of allylic oxidation sites excluding steroid dienone is 1. The summed E-state index contributed by atoms with van der Waals surface area (Å²) >= 11 is 3.37. The van der Waals surface area contributed by atoms with Gasteiger partial charge in [0.1, 0.15) is 17.7 Å². The maximum absolute atomic E-state index is 8.68. The molecule has 1 aromatic rings. The van der Waals surface area contributed by atoms with Crippen LogP contribution in [0.5, 0.6) is 0 Å². The van der Waals surface area contributed by atoms with Crippen molar-refractivity contribution < 1.29 is 9.47 Å². The lowest BCUT2D eigenvalue weighted by Gasteiger charge is -2.18. The molecule has 0 heterocycles. The summed E-state index contributed by atoms with van der Waals surface area (Å²) in [5.74, 6) is 0. The molecule has 0 aliphatic heterocycles. The minimum Gasteiger partial charge on any atom is -0.359 e. The van der Waals surface area contributed by atoms with Gasteiger partial charge in [0.25, 0.3) is 0 Å². The lowest BCUT2D eigenvalue weighted by Crippen LogP contribution is -2.07. The van der Waals surface area contributed by atoms with E-state index in [2.05, 4.69) is 21.2 Å². The minimum absolute atomic E-state index is 0.0137. The van der Waals surface area contributed by atoms with Crippen molar-refractivity contribution in [2.45, 2.75) is 6.29 Å². The van der Waals surface area contributed by atoms with E-state index in [0.29, 0.717) is 5.69 Å². The summed E-state index contributed by atoms with van der Waals surface area (Å²) in [6, 6.07) is 9.02. The molecular weight excluding hydrogens is 310 g/mol. The molecule has 0 atom stereocenters. The topological polar surface area (TPSA) is 78.1 Å². The number of nitriles is 2. The number of halogens is 1. The number of ether oxygens (including phenoxy) is 2. The second-order valence-electron chi connectivity index (χ2n) is 3.46. The molecule has 6 heteroatoms. The fourth-order valence-corrected chi connectivity index (χ4v) is 1.83. The molecule has 0 fully saturated rings. The Labute approximate surface area is 120 Å². The number of anilines is 1. The second-order valence-corrected chi connectivity index (χ2v) is 4.38. The van der Waals surface area contributed by atoms with Crippen molar-refractivity contribution in [3.63, 3.8) is 0 Å². The van der Waals surface area contributed by atoms with Gasteiger partial charge in [-0.2, -0.15) is 10.5 Å². The maximum Gasteiger partial charge on any atom is 0.185 e. The van der Waals surface area contributed by atoms with E-state index >= 15 is 0 Å². The van der Waals surface area contributed by atoms with Gasteiger partial charge in [0, 0.05) is 36.1 Å². The number of benzene rings is 1. The number of rotatable bonds is 5. The van der Waals surface area contributed by atoms with E-state index in [9.17, 15) is 0 Å². The molecule has 1 N–H and O–H groups in total. The van der Waals surface area contributed by atoms with Gasteiger partial charge >= 0.3 is 0 Å². The smallest absolute Gasteiger partial charge is 0.185 e. The van der Waals surface area contributed by atoms with E-state index in [1.807, 2.05) is 12.1 Å². The van der Waals surface area contributed by atoms with Crippen LogP contribution in [0.2, 0.25) is 0 Å². The molecule has 98 valence electrons. The van der Waals surface area contributed by atoms with E-state index in [1.165, 1.54) is 20.4 Å². The van der Waals surface area contributed by atoms with Gasteiger partial charge in [0.2, 0.25) is 0 Å². The molecule has 0 saturated heterocycles. The molecule has 0 bridgehead atoms. The lowest BCUT2D eigenvalue weighted by molar-refractivity contribution is -0.105. The third-order valence-corrected chi connectivity index (χ3v) is 2.80. The summed E-state index contributed by atoms with van der Waals surface area (Å²) in [4.78, 5) is 0. The van der Waals surface area contributed by atoms with Crippen molar-refractivity contribution >= 4 is 21.6 Å². The van der Waals surface area contributed by atoms with Crippen molar-refractivity contribution in [1.29, 1.82) is 10.5 Å². The van der Waals surface area contributed by atoms with Crippen LogP contribution in [0.4, 0.5) is 5.69 Å². The molecule has 0 amide bonds. The first-order valence-electron chi connectivity index (χ1n) is 5.28. The van der Waals surface area contributed by atoms with Crippen molar-refractivity contribution in [1.82, 2.24) is 0 Å². The summed E-state index contributed by atoms with van der Waals surface area (Å²) in [5.41, 5.74) is 1.44. The molecule has 0 aliphatic carbocycles. The Morgan fingerprint density at radius 1 is 1.32 bits per heavy atom. The first-order chi connectivity index (χ1) is 9.15. The summed E-state index contributed by atoms with van der Waals surface area (Å²) in [5, 5.41) is 20.3. The van der Waals surface area contributed by atoms with Crippen LogP contribution in [-0.4, -0.2) is 14.2 Å². The van der Waals surface area contributed by atoms with Gasteiger partial charge in [-0.1, -0.05) is 15.9 Å². The molecule has 0 radical (unpaired) electrons. The molecule has 0 spiro atoms. The third kappa shape index (κ3) is 4.08. The van der Waals surface area contributed by atoms with Gasteiger partial charge in [-0.05, 0) is 18.2 Å². The highest BCUT2D eigenvalue weighted by Crippen LogP contribution is 2.29. The van der Waals surface area contributed by atoms with Gasteiger partial charge in [-0.15, -0.1) is 0 Å². The summed E-state index contributed by atoms with van der Waals surface area (Å²) in [7, 11) is 3.06. The van der Waals surface area contributed by atoms with Crippen LogP contribution in [0.1, 0.15) is 11.9 Å². The Bertz CT molecular complexity index is 538. The van der Waals surface area contributed by atoms with Gasteiger partial charge < -0.3 is 14.8 Å². The molecular formula is C13H12BrN3O2. The summed E-state index contributed by atoms with van der Waals surface area (Å²) in [6.45, 7) is 0. The van der Waals surface area contributed by atoms with E-state index in [0.717, 1.165) is 10.0 Å². The second kappa shape index (κ2) is 7.55. The normalized spacial score (nSPS) is 9.58. The van der Waals surface area contributed by atoms with Crippen LogP contribution in [0.15, 0.2) is 34.4 Å². The monoisotopic (exact) mass is 321 g/mol. The van der Waals surface area contributed by atoms with E-state index in [4.69, 9.17) is 20.0 Å². The van der Waals surface area contributed by atoms with E-state index in [-0.39, 0.29) is 5.57 Å². The highest BCUT2D eigenvalue weighted by atomic mass is 79.9. The molecule has 19 heavy (non-hydrogen) atoms. The van der Waals surface area contributed by atoms with Gasteiger partial charge in [-0.3, -0.25) is 0 Å². The molecule has 0 saturated carbocycles. The summed E-state index contributed by atoms with van der Waals surface area (Å²) < 4.78 is 11.3. The highest BCUT2D eigenvalue weighted by Gasteiger charge is 2.14. The van der Waals surface area contributed by atoms with Gasteiger partial charge in [0.05, 0.1) is 0 Å². The van der Waals surface area contributed by atoms with Crippen LogP contribution in [-0.2, 0) is 9.47 Å². The van der Waals surface area contributed by atoms with Crippen molar-refractivity contribution in [3.05, 3.63) is 40.0 Å². The van der Waals surface area contributed by atoms with Crippen molar-refractivity contribution in [3.8, 4) is 12.1 Å². The maximum atomic E-state index is 8.68. The number of nitrogens with one attached hydrogen (secondary N) is 1. The first kappa shape index (κ1) is 15.2. The average molecular weight is 322 g/mol. The molecule has 1 aromatic carbocycles. The SMILES string of the molecule is COC(OC)c1cc(Br)ccc1NC=C(C#N)C#N. The van der Waals surface area contributed by atoms with Crippen LogP contribution >= 0.6 is 15.9 Å². The van der Waals surface area contributed by atoms with Crippen LogP contribution in [0.25, 0.3) is 0 Å². The Morgan fingerprint density at radius 3 is 2.47 bits per heavy atom. The average Bonchev–Trinajstić information content (AvgIpc) is 2.43. The predicted octanol–water partition coefficient (Wildman–Crippen LogP) is 3.08. The Morgan fingerprint density at radius 2 is 1.95 bits per heavy atom. The Kier molecular flexibility index (Phi) is 6.04. The van der Waals surface area contributed by atoms with Crippen LogP contribution in [0, 0.1) is 22.7 Å². The molecule has 5 nitrogen and oxygen atoms in total. The minimum atomic E-state index is -0.541. The number of methoxy groups -OCH3 is 2. The highest BCUT2D eigenvalue weighted by molar-refractivity contribution is 9.10. The van der Waals surface area contributed by atoms with E-state index < -0.39 is 6.29 Å². The number of hydrogen-bond donors (Lipinski definition) is 1. The van der Waals surface area contributed by atoms with Crippen molar-refractivity contribution in [2.75, 3.05) is 19.5 Å². The Balaban J connectivity index is 3.11. The zero-order valence-corrected chi connectivity index (χ0v) is 12.1. The van der Waals surface area contributed by atoms with E-state index in [1.54, 1.807) is 18.2 Å². The molecule has 0 unspecified atom stereocenters. The van der Waals surface area contributed by atoms with Gasteiger partial charge in [-0.25, -0.2) is 0 Å². The van der Waals surface area contributed by atoms with Gasteiger partial charge in [0.15, 0.2) is 6.29 Å². The Hall–Kier alpha value is -1.86. The quantitative estimate of drug-likeness (QED) is 0.666. The lowest BCUT2D eigenvalue weighted by atomic mass is 10.1. The standard InChI is InChI=1S/C13H12BrN3O2/c1-18-13(19-2)11-5-10(14)3-4-12(11)17-8-9(6-15)7-16/h3-5,8,13,17H,1-2H3. The van der Waals surface area contributed by atoms with Crippen LogP contribution in [0.3, 0.4) is 0 Å². The largest absolute Gasteiger partial charge is 0.359 e. The number of hydrogen-bond acceptors (Lipinski definition) is 5. The summed E-state index contributed by atoms with van der Waals surface area (Å²) in [6.07, 6.45) is 0.802. The zero-order chi connectivity index (χ0) is 14.3. The molecule has 0 aliphatic rings. The molecule has 0 aromatic heterocycles. The zero-order valence-electron chi connectivity index (χ0n) is 10.5. The third-order valence-electron chi connectivity index (χ3n) is 2.31. The predicted molar refractivity (Wildman–Crippen MR) is 73.8 cm³/mol. The fourth-order valence-electron chi connectivity index (χ4n) is 1.45. The first-order valence-corrected chi connectivity index (χ1v) is 6.07. The van der Waals surface area contributed by atoms with Crippen LogP contribution < -0.4 is 5.32 Å².